The number of aromatic nitrogens is 2. The van der Waals surface area contributed by atoms with Gasteiger partial charge in [-0.2, -0.15) is 5.10 Å². The molecule has 1 rings (SSSR count). The van der Waals surface area contributed by atoms with Crippen LogP contribution in [0.4, 0.5) is 0 Å². The molecular formula is C13H18ClN3O3. The van der Waals surface area contributed by atoms with Gasteiger partial charge >= 0.3 is 5.97 Å². The molecule has 0 spiro atoms. The minimum Gasteiger partial charge on any atom is -0.466 e. The Kier molecular flexibility index (Phi) is 5.76. The van der Waals surface area contributed by atoms with E-state index in [9.17, 15) is 9.59 Å². The summed E-state index contributed by atoms with van der Waals surface area (Å²) in [6, 6.07) is 0. The Balaban J connectivity index is 2.46. The smallest absolute Gasteiger partial charge is 0.330 e. The van der Waals surface area contributed by atoms with Gasteiger partial charge in [-0.3, -0.25) is 9.48 Å². The fourth-order valence-electron chi connectivity index (χ4n) is 1.44. The Morgan fingerprint density at radius 3 is 2.80 bits per heavy atom. The Bertz CT molecular complexity index is 509. The van der Waals surface area contributed by atoms with E-state index in [1.54, 1.807) is 26.1 Å². The van der Waals surface area contributed by atoms with Crippen LogP contribution in [-0.2, 0) is 19.9 Å². The third-order valence-corrected chi connectivity index (χ3v) is 2.93. The van der Waals surface area contributed by atoms with Crippen LogP contribution in [-0.4, -0.2) is 35.3 Å². The van der Waals surface area contributed by atoms with Crippen LogP contribution in [0, 0.1) is 0 Å². The minimum atomic E-state index is -0.834. The predicted octanol–water partition coefficient (Wildman–Crippen LogP) is 1.51. The summed E-state index contributed by atoms with van der Waals surface area (Å²) >= 11 is 5.79. The number of esters is 1. The summed E-state index contributed by atoms with van der Waals surface area (Å²) in [5.41, 5.74) is -0.834. The lowest BCUT2D eigenvalue weighted by atomic mass is 10.1. The van der Waals surface area contributed by atoms with Crippen molar-refractivity contribution in [1.29, 1.82) is 0 Å². The quantitative estimate of drug-likeness (QED) is 0.491. The van der Waals surface area contributed by atoms with Crippen LogP contribution in [0.3, 0.4) is 0 Å². The van der Waals surface area contributed by atoms with Crippen molar-refractivity contribution in [3.63, 3.8) is 0 Å². The van der Waals surface area contributed by atoms with Crippen molar-refractivity contribution in [1.82, 2.24) is 15.1 Å². The van der Waals surface area contributed by atoms with Gasteiger partial charge in [0, 0.05) is 18.8 Å². The summed E-state index contributed by atoms with van der Waals surface area (Å²) in [5.74, 6) is -0.591. The number of hydrogen-bond acceptors (Lipinski definition) is 4. The van der Waals surface area contributed by atoms with E-state index >= 15 is 0 Å². The van der Waals surface area contributed by atoms with Crippen LogP contribution in [0.25, 0.3) is 0 Å². The fraction of sp³-hybridized carbons (Fsp3) is 0.462. The molecule has 0 radical (unpaired) electrons. The first-order valence-electron chi connectivity index (χ1n) is 6.11. The molecule has 0 aliphatic rings. The standard InChI is InChI=1S/C13H18ClN3O3/c1-13(2,17-9-10(14)8-16-17)12(19)15-7-5-4-6-11(18)20-3/h4,6,8-9H,5,7H2,1-3H3,(H,15,19)/b6-4+. The van der Waals surface area contributed by atoms with Gasteiger partial charge in [0.2, 0.25) is 5.91 Å². The number of halogens is 1. The predicted molar refractivity (Wildman–Crippen MR) is 75.3 cm³/mol. The second kappa shape index (κ2) is 7.09. The third kappa shape index (κ3) is 4.38. The summed E-state index contributed by atoms with van der Waals surface area (Å²) in [6.45, 7) is 3.91. The highest BCUT2D eigenvalue weighted by molar-refractivity contribution is 6.30. The third-order valence-electron chi connectivity index (χ3n) is 2.73. The van der Waals surface area contributed by atoms with Crippen molar-refractivity contribution < 1.29 is 14.3 Å². The summed E-state index contributed by atoms with van der Waals surface area (Å²) in [4.78, 5) is 22.9. The lowest BCUT2D eigenvalue weighted by Crippen LogP contribution is -2.45. The Hall–Kier alpha value is -1.82. The summed E-state index contributed by atoms with van der Waals surface area (Å²) < 4.78 is 5.96. The number of nitrogens with one attached hydrogen (secondary N) is 1. The van der Waals surface area contributed by atoms with E-state index in [-0.39, 0.29) is 5.91 Å². The maximum Gasteiger partial charge on any atom is 0.330 e. The molecule has 0 fully saturated rings. The van der Waals surface area contributed by atoms with Crippen LogP contribution in [0.1, 0.15) is 20.3 Å². The Morgan fingerprint density at radius 1 is 1.55 bits per heavy atom. The van der Waals surface area contributed by atoms with Gasteiger partial charge in [-0.25, -0.2) is 4.79 Å². The number of amides is 1. The molecule has 1 heterocycles. The molecule has 0 aliphatic carbocycles. The summed E-state index contributed by atoms with van der Waals surface area (Å²) in [6.07, 6.45) is 6.58. The number of carbonyl (C=O) groups is 2. The molecular weight excluding hydrogens is 282 g/mol. The molecule has 1 aromatic heterocycles. The first-order valence-corrected chi connectivity index (χ1v) is 6.49. The van der Waals surface area contributed by atoms with Gasteiger partial charge in [0.25, 0.3) is 0 Å². The maximum absolute atomic E-state index is 12.1. The lowest BCUT2D eigenvalue weighted by Gasteiger charge is -2.24. The molecule has 0 unspecified atom stereocenters. The molecule has 6 nitrogen and oxygen atoms in total. The van der Waals surface area contributed by atoms with E-state index in [4.69, 9.17) is 11.6 Å². The first kappa shape index (κ1) is 16.2. The van der Waals surface area contributed by atoms with E-state index in [1.165, 1.54) is 24.1 Å². The van der Waals surface area contributed by atoms with Crippen LogP contribution >= 0.6 is 11.6 Å². The number of nitrogens with zero attached hydrogens (tertiary/aromatic N) is 2. The molecule has 7 heteroatoms. The largest absolute Gasteiger partial charge is 0.466 e. The highest BCUT2D eigenvalue weighted by Crippen LogP contribution is 2.17. The Morgan fingerprint density at radius 2 is 2.25 bits per heavy atom. The SMILES string of the molecule is COC(=O)/C=C/CCNC(=O)C(C)(C)n1cc(Cl)cn1. The number of rotatable bonds is 6. The Labute approximate surface area is 122 Å². The molecule has 1 amide bonds. The van der Waals surface area contributed by atoms with Gasteiger partial charge in [0.15, 0.2) is 0 Å². The topological polar surface area (TPSA) is 73.2 Å². The van der Waals surface area contributed by atoms with Crippen molar-refractivity contribution in [2.24, 2.45) is 0 Å². The van der Waals surface area contributed by atoms with E-state index in [0.717, 1.165) is 0 Å². The van der Waals surface area contributed by atoms with Gasteiger partial charge in [-0.05, 0) is 20.3 Å². The van der Waals surface area contributed by atoms with E-state index in [1.807, 2.05) is 0 Å². The van der Waals surface area contributed by atoms with Crippen LogP contribution in [0.15, 0.2) is 24.5 Å². The van der Waals surface area contributed by atoms with Gasteiger partial charge in [0.05, 0.1) is 18.3 Å². The van der Waals surface area contributed by atoms with Gasteiger partial charge in [-0.15, -0.1) is 0 Å². The number of methoxy groups -OCH3 is 1. The molecule has 0 atom stereocenters. The van der Waals surface area contributed by atoms with Crippen LogP contribution < -0.4 is 5.32 Å². The molecule has 0 saturated heterocycles. The van der Waals surface area contributed by atoms with Crippen LogP contribution in [0.5, 0.6) is 0 Å². The lowest BCUT2D eigenvalue weighted by molar-refractivity contribution is -0.134. The molecule has 0 aliphatic heterocycles. The molecule has 20 heavy (non-hydrogen) atoms. The van der Waals surface area contributed by atoms with Crippen molar-refractivity contribution in [3.8, 4) is 0 Å². The number of carbonyl (C=O) groups excluding carboxylic acids is 2. The second-order valence-corrected chi connectivity index (χ2v) is 5.07. The number of hydrogen-bond donors (Lipinski definition) is 1. The van der Waals surface area contributed by atoms with Gasteiger partial charge in [0.1, 0.15) is 5.54 Å². The average Bonchev–Trinajstić information content (AvgIpc) is 2.85. The van der Waals surface area contributed by atoms with Crippen molar-refractivity contribution in [2.75, 3.05) is 13.7 Å². The van der Waals surface area contributed by atoms with E-state index in [0.29, 0.717) is 18.0 Å². The average molecular weight is 300 g/mol. The molecule has 1 N–H and O–H groups in total. The first-order chi connectivity index (χ1) is 9.37. The molecule has 0 saturated carbocycles. The summed E-state index contributed by atoms with van der Waals surface area (Å²) in [5, 5.41) is 7.29. The monoisotopic (exact) mass is 299 g/mol. The minimum absolute atomic E-state index is 0.177. The summed E-state index contributed by atoms with van der Waals surface area (Å²) in [7, 11) is 1.31. The normalized spacial score (nSPS) is 11.6. The van der Waals surface area contributed by atoms with Crippen molar-refractivity contribution in [3.05, 3.63) is 29.6 Å². The zero-order valence-corrected chi connectivity index (χ0v) is 12.5. The molecule has 0 aromatic carbocycles. The zero-order valence-electron chi connectivity index (χ0n) is 11.7. The van der Waals surface area contributed by atoms with Crippen molar-refractivity contribution in [2.45, 2.75) is 25.8 Å². The second-order valence-electron chi connectivity index (χ2n) is 4.63. The van der Waals surface area contributed by atoms with Gasteiger partial charge < -0.3 is 10.1 Å². The molecule has 110 valence electrons. The van der Waals surface area contributed by atoms with Crippen LogP contribution in [0.2, 0.25) is 5.02 Å². The maximum atomic E-state index is 12.1. The molecule has 1 aromatic rings. The highest BCUT2D eigenvalue weighted by atomic mass is 35.5. The number of ether oxygens (including phenoxy) is 1. The van der Waals surface area contributed by atoms with Gasteiger partial charge in [-0.1, -0.05) is 17.7 Å². The highest BCUT2D eigenvalue weighted by Gasteiger charge is 2.30. The van der Waals surface area contributed by atoms with E-state index < -0.39 is 11.5 Å². The molecule has 0 bridgehead atoms. The fourth-order valence-corrected chi connectivity index (χ4v) is 1.58. The van der Waals surface area contributed by atoms with E-state index in [2.05, 4.69) is 15.2 Å². The zero-order chi connectivity index (χ0) is 15.2. The van der Waals surface area contributed by atoms with Crippen molar-refractivity contribution >= 4 is 23.5 Å².